The molecule has 6 aromatic carbocycles. The Morgan fingerprint density at radius 2 is 1.22 bits per heavy atom. The monoisotopic (exact) mass is 618 g/mol. The Kier molecular flexibility index (Phi) is 5.22. The van der Waals surface area contributed by atoms with Gasteiger partial charge in [-0.1, -0.05) is 66.7 Å². The molecular weight excluding hydrogens is 597 g/mol. The molecule has 0 aliphatic carbocycles. The van der Waals surface area contributed by atoms with E-state index >= 15 is 8.78 Å². The summed E-state index contributed by atoms with van der Waals surface area (Å²) in [4.78, 5) is 4.16. The minimum Gasteiger partial charge on any atom is -0.309 e. The van der Waals surface area contributed by atoms with E-state index in [1.165, 1.54) is 22.2 Å². The predicted molar refractivity (Wildman–Crippen MR) is 189 cm³/mol. The zero-order valence-electron chi connectivity index (χ0n) is 23.7. The number of hydrogen-bond acceptors (Lipinski definition) is 4. The first-order valence-corrected chi connectivity index (χ1v) is 16.5. The van der Waals surface area contributed by atoms with Gasteiger partial charge in [0.2, 0.25) is 0 Å². The Morgan fingerprint density at radius 1 is 0.533 bits per heavy atom. The van der Waals surface area contributed by atoms with Gasteiger partial charge in [0.05, 0.1) is 21.8 Å². The maximum atomic E-state index is 15.9. The van der Waals surface area contributed by atoms with Crippen molar-refractivity contribution in [2.75, 3.05) is 9.80 Å². The van der Waals surface area contributed by atoms with Crippen molar-refractivity contribution >= 4 is 110 Å². The fourth-order valence-corrected chi connectivity index (χ4v) is 9.48. The molecule has 10 rings (SSSR count). The third-order valence-electron chi connectivity index (χ3n) is 9.26. The number of halogens is 2. The first kappa shape index (κ1) is 25.4. The van der Waals surface area contributed by atoms with Crippen LogP contribution in [0.2, 0.25) is 0 Å². The van der Waals surface area contributed by atoms with E-state index < -0.39 is 0 Å². The first-order valence-electron chi connectivity index (χ1n) is 14.8. The van der Waals surface area contributed by atoms with Gasteiger partial charge < -0.3 is 9.80 Å². The molecule has 0 unspecified atom stereocenters. The summed E-state index contributed by atoms with van der Waals surface area (Å²) in [7, 11) is 0. The maximum absolute atomic E-state index is 15.9. The largest absolute Gasteiger partial charge is 0.309 e. The number of para-hydroxylation sites is 2. The second kappa shape index (κ2) is 9.27. The molecule has 45 heavy (non-hydrogen) atoms. The molecule has 0 fully saturated rings. The second-order valence-electron chi connectivity index (χ2n) is 11.6. The first-order chi connectivity index (χ1) is 22.2. The molecule has 0 bridgehead atoms. The summed E-state index contributed by atoms with van der Waals surface area (Å²) in [6.07, 6.45) is 0. The van der Waals surface area contributed by atoms with Gasteiger partial charge in [0, 0.05) is 37.2 Å². The number of benzene rings is 6. The van der Waals surface area contributed by atoms with Gasteiger partial charge in [-0.05, 0) is 81.8 Å². The van der Waals surface area contributed by atoms with E-state index in [4.69, 9.17) is 0 Å². The van der Waals surface area contributed by atoms with Crippen LogP contribution in [-0.2, 0) is 0 Å². The van der Waals surface area contributed by atoms with E-state index in [0.29, 0.717) is 11.4 Å². The van der Waals surface area contributed by atoms with Crippen LogP contribution in [0.15, 0.2) is 127 Å². The zero-order chi connectivity index (χ0) is 29.8. The fraction of sp³-hybridized carbons (Fsp3) is 0. The molecule has 2 aromatic heterocycles. The van der Waals surface area contributed by atoms with E-state index in [1.807, 2.05) is 30.3 Å². The fourth-order valence-electron chi connectivity index (χ4n) is 7.43. The molecule has 4 heterocycles. The Balaban J connectivity index is 1.38. The van der Waals surface area contributed by atoms with Crippen molar-refractivity contribution in [1.82, 2.24) is 0 Å². The molecule has 0 atom stereocenters. The Bertz CT molecular complexity index is 2520. The van der Waals surface area contributed by atoms with Gasteiger partial charge in [-0.25, -0.2) is 8.78 Å². The molecule has 2 aliphatic heterocycles. The Morgan fingerprint density at radius 3 is 2.02 bits per heavy atom. The number of anilines is 6. The van der Waals surface area contributed by atoms with Crippen molar-refractivity contribution in [3.63, 3.8) is 0 Å². The number of fused-ring (bicyclic) bond motifs is 9. The van der Waals surface area contributed by atoms with Gasteiger partial charge in [-0.3, -0.25) is 0 Å². The van der Waals surface area contributed by atoms with Gasteiger partial charge in [0.1, 0.15) is 11.6 Å². The summed E-state index contributed by atoms with van der Waals surface area (Å²) in [6.45, 7) is -0.133. The number of thiophene rings is 2. The van der Waals surface area contributed by atoms with Crippen LogP contribution in [0.4, 0.5) is 42.9 Å². The topological polar surface area (TPSA) is 6.48 Å². The van der Waals surface area contributed by atoms with Crippen LogP contribution in [-0.4, -0.2) is 6.71 Å². The second-order valence-corrected chi connectivity index (χ2v) is 13.6. The van der Waals surface area contributed by atoms with Gasteiger partial charge in [0.15, 0.2) is 0 Å². The van der Waals surface area contributed by atoms with Crippen molar-refractivity contribution in [1.29, 1.82) is 0 Å². The lowest BCUT2D eigenvalue weighted by molar-refractivity contribution is 0.629. The van der Waals surface area contributed by atoms with Crippen LogP contribution in [0.5, 0.6) is 0 Å². The maximum Gasteiger partial charge on any atom is 0.252 e. The summed E-state index contributed by atoms with van der Waals surface area (Å²) >= 11 is 3.44. The van der Waals surface area contributed by atoms with Crippen LogP contribution in [0.25, 0.3) is 30.3 Å². The smallest absolute Gasteiger partial charge is 0.252 e. The average molecular weight is 619 g/mol. The quantitative estimate of drug-likeness (QED) is 0.178. The summed E-state index contributed by atoms with van der Waals surface area (Å²) in [5, 5.41) is 5.63. The molecule has 0 amide bonds. The van der Waals surface area contributed by atoms with E-state index in [1.54, 1.807) is 34.8 Å². The van der Waals surface area contributed by atoms with Crippen molar-refractivity contribution in [2.45, 2.75) is 0 Å². The summed E-state index contributed by atoms with van der Waals surface area (Å²) in [5.74, 6) is -0.584. The third-order valence-corrected chi connectivity index (χ3v) is 11.3. The number of nitrogens with zero attached hydrogens (tertiary/aromatic N) is 2. The molecule has 0 saturated heterocycles. The van der Waals surface area contributed by atoms with Crippen LogP contribution >= 0.6 is 22.7 Å². The molecule has 8 aromatic rings. The zero-order valence-corrected chi connectivity index (χ0v) is 25.3. The van der Waals surface area contributed by atoms with Crippen molar-refractivity contribution < 1.29 is 8.78 Å². The lowest BCUT2D eigenvalue weighted by Gasteiger charge is -2.44. The Labute approximate surface area is 266 Å². The molecular formula is C38H21BF2N2S2. The van der Waals surface area contributed by atoms with E-state index in [0.717, 1.165) is 59.3 Å². The number of rotatable bonds is 2. The van der Waals surface area contributed by atoms with E-state index in [-0.39, 0.29) is 18.3 Å². The van der Waals surface area contributed by atoms with Crippen molar-refractivity contribution in [3.8, 4) is 0 Å². The third kappa shape index (κ3) is 3.42. The van der Waals surface area contributed by atoms with E-state index in [9.17, 15) is 0 Å². The van der Waals surface area contributed by atoms with Gasteiger partial charge in [0.25, 0.3) is 6.71 Å². The lowest BCUT2D eigenvalue weighted by atomic mass is 9.33. The van der Waals surface area contributed by atoms with Gasteiger partial charge in [-0.15, -0.1) is 22.7 Å². The molecule has 0 spiro atoms. The standard InChI is InChI=1S/C38H21BF2N2S2/c40-27-9-2-4-11-29(27)42-31-13-7-14-32-36(31)39(26-20-22-18-19-44-35(22)21-33(26)42)25-17-16-24-23-8-1-6-15-34(23)45-38(24)37(25)43(32)30-12-5-3-10-28(30)41/h1-21H. The van der Waals surface area contributed by atoms with Gasteiger partial charge in [-0.2, -0.15) is 0 Å². The molecule has 2 nitrogen and oxygen atoms in total. The average Bonchev–Trinajstić information content (AvgIpc) is 3.69. The molecule has 0 radical (unpaired) electrons. The normalized spacial score (nSPS) is 13.4. The minimum absolute atomic E-state index is 0.133. The predicted octanol–water partition coefficient (Wildman–Crippen LogP) is 9.63. The van der Waals surface area contributed by atoms with Crippen LogP contribution < -0.4 is 26.2 Å². The minimum atomic E-state index is -0.292. The van der Waals surface area contributed by atoms with Crippen molar-refractivity contribution in [3.05, 3.63) is 138 Å². The number of hydrogen-bond donors (Lipinski definition) is 0. The highest BCUT2D eigenvalue weighted by molar-refractivity contribution is 7.26. The molecule has 212 valence electrons. The highest BCUT2D eigenvalue weighted by atomic mass is 32.1. The molecule has 0 N–H and O–H groups in total. The van der Waals surface area contributed by atoms with Crippen molar-refractivity contribution in [2.24, 2.45) is 0 Å². The molecule has 2 aliphatic rings. The summed E-state index contributed by atoms with van der Waals surface area (Å²) < 4.78 is 35.1. The lowest BCUT2D eigenvalue weighted by Crippen LogP contribution is -2.61. The SMILES string of the molecule is Fc1ccccc1N1c2cc3sccc3cc2B2c3ccc4c(sc5ccccc54)c3N(c3ccccc3F)c3cccc1c32. The highest BCUT2D eigenvalue weighted by Gasteiger charge is 2.44. The summed E-state index contributed by atoms with van der Waals surface area (Å²) in [6, 6.07) is 39.7. The van der Waals surface area contributed by atoms with E-state index in [2.05, 4.69) is 81.9 Å². The van der Waals surface area contributed by atoms with Crippen LogP contribution in [0.3, 0.4) is 0 Å². The van der Waals surface area contributed by atoms with Gasteiger partial charge >= 0.3 is 0 Å². The van der Waals surface area contributed by atoms with Crippen LogP contribution in [0.1, 0.15) is 0 Å². The molecule has 7 heteroatoms. The highest BCUT2D eigenvalue weighted by Crippen LogP contribution is 2.49. The summed E-state index contributed by atoms with van der Waals surface area (Å²) in [5.41, 5.74) is 8.01. The Hall–Kier alpha value is -4.98. The van der Waals surface area contributed by atoms with Crippen LogP contribution in [0, 0.1) is 11.6 Å². The molecule has 0 saturated carbocycles.